The predicted octanol–water partition coefficient (Wildman–Crippen LogP) is 3.30. The number of aromatic amines is 1. The number of hydrogen-bond donors (Lipinski definition) is 3. The van der Waals surface area contributed by atoms with Crippen LogP contribution < -0.4 is 10.6 Å². The molecule has 1 aromatic heterocycles. The van der Waals surface area contributed by atoms with E-state index in [1.807, 2.05) is 37.4 Å². The summed E-state index contributed by atoms with van der Waals surface area (Å²) in [6.45, 7) is 5.63. The van der Waals surface area contributed by atoms with Gasteiger partial charge in [0.1, 0.15) is 6.04 Å². The lowest BCUT2D eigenvalue weighted by Gasteiger charge is -2.21. The minimum Gasteiger partial charge on any atom is -0.361 e. The summed E-state index contributed by atoms with van der Waals surface area (Å²) in [6, 6.07) is 7.52. The molecule has 0 saturated carbocycles. The minimum atomic E-state index is -0.565. The molecule has 2 unspecified atom stereocenters. The van der Waals surface area contributed by atoms with Gasteiger partial charge in [0.15, 0.2) is 0 Å². The van der Waals surface area contributed by atoms with Gasteiger partial charge in [-0.3, -0.25) is 9.59 Å². The average molecular weight is 343 g/mol. The van der Waals surface area contributed by atoms with Crippen molar-refractivity contribution in [2.45, 2.75) is 65.0 Å². The van der Waals surface area contributed by atoms with Gasteiger partial charge < -0.3 is 15.6 Å². The van der Waals surface area contributed by atoms with Gasteiger partial charge in [0.05, 0.1) is 0 Å². The highest BCUT2D eigenvalue weighted by Gasteiger charge is 2.22. The van der Waals surface area contributed by atoms with Gasteiger partial charge in [-0.05, 0) is 25.0 Å². The van der Waals surface area contributed by atoms with Crippen LogP contribution in [-0.2, 0) is 16.0 Å². The van der Waals surface area contributed by atoms with Crippen molar-refractivity contribution in [2.75, 3.05) is 0 Å². The number of hydrogen-bond acceptors (Lipinski definition) is 2. The molecule has 2 atom stereocenters. The second-order valence-corrected chi connectivity index (χ2v) is 6.72. The molecule has 0 aliphatic heterocycles. The number of unbranched alkanes of at least 4 members (excludes halogenated alkanes) is 2. The van der Waals surface area contributed by atoms with E-state index in [0.29, 0.717) is 6.42 Å². The Hall–Kier alpha value is -2.30. The van der Waals surface area contributed by atoms with Crippen LogP contribution in [0.15, 0.2) is 30.5 Å². The summed E-state index contributed by atoms with van der Waals surface area (Å²) in [6.07, 6.45) is 6.78. The van der Waals surface area contributed by atoms with E-state index in [1.165, 1.54) is 13.3 Å². The highest BCUT2D eigenvalue weighted by Crippen LogP contribution is 2.19. The van der Waals surface area contributed by atoms with E-state index in [9.17, 15) is 9.59 Å². The molecule has 2 aromatic rings. The van der Waals surface area contributed by atoms with Crippen LogP contribution in [0.3, 0.4) is 0 Å². The molecule has 1 heterocycles. The Morgan fingerprint density at radius 1 is 1.16 bits per heavy atom. The fourth-order valence-corrected chi connectivity index (χ4v) is 3.09. The number of fused-ring (bicyclic) bond motifs is 1. The van der Waals surface area contributed by atoms with Crippen molar-refractivity contribution in [3.8, 4) is 0 Å². The molecule has 5 heteroatoms. The zero-order valence-electron chi connectivity index (χ0n) is 15.4. The van der Waals surface area contributed by atoms with Crippen molar-refractivity contribution < 1.29 is 9.59 Å². The van der Waals surface area contributed by atoms with Gasteiger partial charge in [0.2, 0.25) is 11.8 Å². The van der Waals surface area contributed by atoms with Crippen LogP contribution in [0.25, 0.3) is 10.9 Å². The SMILES string of the molecule is CCCCCC(C)NC(=O)C(Cc1c[nH]c2ccccc12)NC(C)=O. The third kappa shape index (κ3) is 5.62. The molecule has 25 heavy (non-hydrogen) atoms. The quantitative estimate of drug-likeness (QED) is 0.611. The van der Waals surface area contributed by atoms with Crippen molar-refractivity contribution in [3.05, 3.63) is 36.0 Å². The van der Waals surface area contributed by atoms with Gasteiger partial charge in [-0.1, -0.05) is 44.4 Å². The summed E-state index contributed by atoms with van der Waals surface area (Å²) >= 11 is 0. The van der Waals surface area contributed by atoms with Crippen LogP contribution in [0.1, 0.15) is 52.0 Å². The van der Waals surface area contributed by atoms with E-state index in [1.54, 1.807) is 0 Å². The van der Waals surface area contributed by atoms with Gasteiger partial charge >= 0.3 is 0 Å². The average Bonchev–Trinajstić information content (AvgIpc) is 2.97. The van der Waals surface area contributed by atoms with Crippen LogP contribution >= 0.6 is 0 Å². The second-order valence-electron chi connectivity index (χ2n) is 6.72. The molecule has 0 spiro atoms. The van der Waals surface area contributed by atoms with Crippen molar-refractivity contribution >= 4 is 22.7 Å². The van der Waals surface area contributed by atoms with Crippen LogP contribution in [0.5, 0.6) is 0 Å². The smallest absolute Gasteiger partial charge is 0.243 e. The predicted molar refractivity (Wildman–Crippen MR) is 101 cm³/mol. The normalized spacial score (nSPS) is 13.4. The summed E-state index contributed by atoms with van der Waals surface area (Å²) in [5.41, 5.74) is 2.07. The Kier molecular flexibility index (Phi) is 7.04. The van der Waals surface area contributed by atoms with Crippen LogP contribution in [0.4, 0.5) is 0 Å². The molecular weight excluding hydrogens is 314 g/mol. The molecule has 3 N–H and O–H groups in total. The Bertz CT molecular complexity index is 708. The van der Waals surface area contributed by atoms with Crippen LogP contribution in [0, 0.1) is 0 Å². The lowest BCUT2D eigenvalue weighted by molar-refractivity contribution is -0.128. The maximum absolute atomic E-state index is 12.6. The molecule has 0 bridgehead atoms. The molecule has 0 aliphatic carbocycles. The highest BCUT2D eigenvalue weighted by molar-refractivity contribution is 5.89. The van der Waals surface area contributed by atoms with Crippen molar-refractivity contribution in [3.63, 3.8) is 0 Å². The molecule has 0 saturated heterocycles. The molecule has 1 aromatic carbocycles. The first-order chi connectivity index (χ1) is 12.0. The monoisotopic (exact) mass is 343 g/mol. The third-order valence-corrected chi connectivity index (χ3v) is 4.42. The van der Waals surface area contributed by atoms with Gasteiger partial charge in [-0.2, -0.15) is 0 Å². The lowest BCUT2D eigenvalue weighted by Crippen LogP contribution is -2.49. The zero-order valence-corrected chi connectivity index (χ0v) is 15.4. The van der Waals surface area contributed by atoms with E-state index >= 15 is 0 Å². The molecule has 0 radical (unpaired) electrons. The minimum absolute atomic E-state index is 0.110. The number of para-hydroxylation sites is 1. The largest absolute Gasteiger partial charge is 0.361 e. The maximum Gasteiger partial charge on any atom is 0.243 e. The Balaban J connectivity index is 2.05. The third-order valence-electron chi connectivity index (χ3n) is 4.42. The number of carbonyl (C=O) groups is 2. The van der Waals surface area contributed by atoms with Crippen molar-refractivity contribution in [1.29, 1.82) is 0 Å². The molecule has 0 aliphatic rings. The van der Waals surface area contributed by atoms with Gasteiger partial charge in [-0.15, -0.1) is 0 Å². The summed E-state index contributed by atoms with van der Waals surface area (Å²) in [7, 11) is 0. The fourth-order valence-electron chi connectivity index (χ4n) is 3.09. The van der Waals surface area contributed by atoms with E-state index in [-0.39, 0.29) is 17.9 Å². The van der Waals surface area contributed by atoms with Crippen LogP contribution in [0.2, 0.25) is 0 Å². The summed E-state index contributed by atoms with van der Waals surface area (Å²) in [4.78, 5) is 27.4. The van der Waals surface area contributed by atoms with Crippen molar-refractivity contribution in [2.24, 2.45) is 0 Å². The maximum atomic E-state index is 12.6. The summed E-state index contributed by atoms with van der Waals surface area (Å²) in [5.74, 6) is -0.317. The summed E-state index contributed by atoms with van der Waals surface area (Å²) in [5, 5.41) is 6.92. The van der Waals surface area contributed by atoms with Crippen LogP contribution in [-0.4, -0.2) is 28.9 Å². The topological polar surface area (TPSA) is 74.0 Å². The Labute approximate surface area is 149 Å². The summed E-state index contributed by atoms with van der Waals surface area (Å²) < 4.78 is 0. The van der Waals surface area contributed by atoms with E-state index < -0.39 is 6.04 Å². The Morgan fingerprint density at radius 2 is 1.92 bits per heavy atom. The molecular formula is C20H29N3O2. The van der Waals surface area contributed by atoms with Gasteiger partial charge in [0, 0.05) is 36.5 Å². The number of amides is 2. The fraction of sp³-hybridized carbons (Fsp3) is 0.500. The first kappa shape index (κ1) is 19.0. The second kappa shape index (κ2) is 9.25. The van der Waals surface area contributed by atoms with E-state index in [2.05, 4.69) is 22.5 Å². The standard InChI is InChI=1S/C20H29N3O2/c1-4-5-6-9-14(2)22-20(25)19(23-15(3)24)12-16-13-21-18-11-8-7-10-17(16)18/h7-8,10-11,13-14,19,21H,4-6,9,12H2,1-3H3,(H,22,25)(H,23,24). The number of nitrogens with one attached hydrogen (secondary N) is 3. The first-order valence-corrected chi connectivity index (χ1v) is 9.13. The molecule has 2 amide bonds. The number of benzene rings is 1. The molecule has 136 valence electrons. The molecule has 0 fully saturated rings. The first-order valence-electron chi connectivity index (χ1n) is 9.13. The molecule has 2 rings (SSSR count). The highest BCUT2D eigenvalue weighted by atomic mass is 16.2. The number of carbonyl (C=O) groups excluding carboxylic acids is 2. The number of rotatable bonds is 9. The Morgan fingerprint density at radius 3 is 2.64 bits per heavy atom. The number of aromatic nitrogens is 1. The lowest BCUT2D eigenvalue weighted by atomic mass is 10.0. The zero-order chi connectivity index (χ0) is 18.2. The number of H-pyrrole nitrogens is 1. The molecule has 5 nitrogen and oxygen atoms in total. The van der Waals surface area contributed by atoms with Gasteiger partial charge in [0.25, 0.3) is 0 Å². The van der Waals surface area contributed by atoms with Crippen molar-refractivity contribution in [1.82, 2.24) is 15.6 Å². The van der Waals surface area contributed by atoms with E-state index in [0.717, 1.165) is 35.7 Å². The van der Waals surface area contributed by atoms with Gasteiger partial charge in [-0.25, -0.2) is 0 Å². The van der Waals surface area contributed by atoms with E-state index in [4.69, 9.17) is 0 Å².